The van der Waals surface area contributed by atoms with E-state index in [4.69, 9.17) is 9.47 Å². The molecule has 3 aromatic carbocycles. The molecule has 0 bridgehead atoms. The fraction of sp³-hybridized carbons (Fsp3) is 0.240. The minimum atomic E-state index is -0.403. The second-order valence-corrected chi connectivity index (χ2v) is 7.61. The molecule has 5 nitrogen and oxygen atoms in total. The van der Waals surface area contributed by atoms with Crippen molar-refractivity contribution in [2.24, 2.45) is 0 Å². The highest BCUT2D eigenvalue weighted by Crippen LogP contribution is 2.43. The number of para-hydroxylation sites is 2. The highest BCUT2D eigenvalue weighted by molar-refractivity contribution is 5.89. The van der Waals surface area contributed by atoms with E-state index in [-0.39, 0.29) is 11.9 Å². The molecular formula is C25H26N2O3. The maximum absolute atomic E-state index is 13.4. The number of rotatable bonds is 6. The van der Waals surface area contributed by atoms with Crippen LogP contribution in [0.4, 0.5) is 0 Å². The van der Waals surface area contributed by atoms with Crippen LogP contribution in [0.1, 0.15) is 28.7 Å². The number of carbonyl (C=O) groups is 1. The summed E-state index contributed by atoms with van der Waals surface area (Å²) >= 11 is 0. The zero-order chi connectivity index (χ0) is 21.1. The number of nitrogens with one attached hydrogen (secondary N) is 1. The van der Waals surface area contributed by atoms with E-state index < -0.39 is 5.92 Å². The van der Waals surface area contributed by atoms with E-state index >= 15 is 0 Å². The van der Waals surface area contributed by atoms with Crippen LogP contribution >= 0.6 is 0 Å². The molecule has 0 aromatic heterocycles. The van der Waals surface area contributed by atoms with Gasteiger partial charge in [0.15, 0.2) is 0 Å². The molecule has 0 unspecified atom stereocenters. The molecule has 1 N–H and O–H groups in total. The number of carbonyl (C=O) groups excluding carboxylic acids is 1. The summed E-state index contributed by atoms with van der Waals surface area (Å²) in [5.74, 6) is 1.83. The number of hydrogen-bond acceptors (Lipinski definition) is 4. The van der Waals surface area contributed by atoms with Crippen LogP contribution in [0.2, 0.25) is 0 Å². The Morgan fingerprint density at radius 3 is 2.23 bits per heavy atom. The lowest BCUT2D eigenvalue weighted by atomic mass is 9.87. The van der Waals surface area contributed by atoms with Crippen molar-refractivity contribution in [2.45, 2.75) is 12.0 Å². The van der Waals surface area contributed by atoms with Gasteiger partial charge in [0, 0.05) is 17.7 Å². The Morgan fingerprint density at radius 1 is 1.00 bits per heavy atom. The second-order valence-electron chi connectivity index (χ2n) is 7.61. The van der Waals surface area contributed by atoms with Crippen LogP contribution in [0.15, 0.2) is 72.8 Å². The van der Waals surface area contributed by atoms with Gasteiger partial charge in [0.25, 0.3) is 0 Å². The normalized spacial score (nSPS) is 13.7. The van der Waals surface area contributed by atoms with E-state index in [1.165, 1.54) is 0 Å². The zero-order valence-corrected chi connectivity index (χ0v) is 17.5. The first-order chi connectivity index (χ1) is 14.6. The molecule has 0 aliphatic carbocycles. The molecule has 0 saturated heterocycles. The minimum absolute atomic E-state index is 0.0226. The molecule has 3 aromatic rings. The van der Waals surface area contributed by atoms with E-state index in [0.29, 0.717) is 6.54 Å². The number of hydrogen-bond donors (Lipinski definition) is 1. The number of benzene rings is 3. The van der Waals surface area contributed by atoms with Crippen molar-refractivity contribution in [2.75, 3.05) is 27.7 Å². The molecule has 4 rings (SSSR count). The van der Waals surface area contributed by atoms with Gasteiger partial charge < -0.3 is 19.7 Å². The summed E-state index contributed by atoms with van der Waals surface area (Å²) in [7, 11) is 5.68. The Labute approximate surface area is 177 Å². The number of fused-ring (bicyclic) bond motifs is 2. The van der Waals surface area contributed by atoms with Gasteiger partial charge in [0.2, 0.25) is 5.91 Å². The Kier molecular flexibility index (Phi) is 5.72. The molecule has 0 fully saturated rings. The quantitative estimate of drug-likeness (QED) is 0.666. The molecule has 1 aliphatic rings. The van der Waals surface area contributed by atoms with Crippen LogP contribution < -0.4 is 14.8 Å². The van der Waals surface area contributed by atoms with Crippen LogP contribution in [0.3, 0.4) is 0 Å². The highest BCUT2D eigenvalue weighted by atomic mass is 16.5. The average Bonchev–Trinajstić information content (AvgIpc) is 2.77. The lowest BCUT2D eigenvalue weighted by Gasteiger charge is -2.29. The minimum Gasteiger partial charge on any atom is -0.497 e. The molecule has 0 saturated carbocycles. The molecule has 5 heteroatoms. The van der Waals surface area contributed by atoms with E-state index in [9.17, 15) is 4.79 Å². The first kappa shape index (κ1) is 20.0. The smallest absolute Gasteiger partial charge is 0.232 e. The van der Waals surface area contributed by atoms with Gasteiger partial charge >= 0.3 is 0 Å². The summed E-state index contributed by atoms with van der Waals surface area (Å²) < 4.78 is 11.4. The van der Waals surface area contributed by atoms with Crippen molar-refractivity contribution < 1.29 is 14.3 Å². The molecule has 30 heavy (non-hydrogen) atoms. The molecule has 1 atom stereocenters. The summed E-state index contributed by atoms with van der Waals surface area (Å²) in [5, 5.41) is 3.17. The molecule has 1 heterocycles. The second kappa shape index (κ2) is 8.59. The van der Waals surface area contributed by atoms with Crippen LogP contribution in [-0.4, -0.2) is 38.6 Å². The Bertz CT molecular complexity index is 1000. The standard InChI is InChI=1S/C25H26N2O3/c1-27(2)21(17-9-8-10-18(15-17)29-3)16-26-25(28)24-19-11-4-6-13-22(19)30-23-14-7-5-12-20(23)24/h4-15,21,24H,16H2,1-3H3,(H,26,28)/t21-/m0/s1. The maximum Gasteiger partial charge on any atom is 0.232 e. The predicted octanol–water partition coefficient (Wildman–Crippen LogP) is 4.35. The molecular weight excluding hydrogens is 376 g/mol. The van der Waals surface area contributed by atoms with Crippen molar-refractivity contribution in [3.63, 3.8) is 0 Å². The average molecular weight is 402 g/mol. The van der Waals surface area contributed by atoms with Gasteiger partial charge in [-0.15, -0.1) is 0 Å². The van der Waals surface area contributed by atoms with Crippen molar-refractivity contribution in [1.82, 2.24) is 10.2 Å². The number of nitrogens with zero attached hydrogens (tertiary/aromatic N) is 1. The Balaban J connectivity index is 1.59. The maximum atomic E-state index is 13.4. The number of likely N-dealkylation sites (N-methyl/N-ethyl adjacent to an activating group) is 1. The van der Waals surface area contributed by atoms with Gasteiger partial charge in [0.05, 0.1) is 19.1 Å². The lowest BCUT2D eigenvalue weighted by molar-refractivity contribution is -0.122. The first-order valence-corrected chi connectivity index (χ1v) is 10.0. The largest absolute Gasteiger partial charge is 0.497 e. The predicted molar refractivity (Wildman–Crippen MR) is 117 cm³/mol. The van der Waals surface area contributed by atoms with Gasteiger partial charge in [-0.25, -0.2) is 0 Å². The fourth-order valence-corrected chi connectivity index (χ4v) is 3.94. The third-order valence-electron chi connectivity index (χ3n) is 5.51. The van der Waals surface area contributed by atoms with Gasteiger partial charge in [-0.1, -0.05) is 48.5 Å². The highest BCUT2D eigenvalue weighted by Gasteiger charge is 2.32. The topological polar surface area (TPSA) is 50.8 Å². The molecule has 0 spiro atoms. The van der Waals surface area contributed by atoms with Gasteiger partial charge in [-0.05, 0) is 43.9 Å². The van der Waals surface area contributed by atoms with Crippen LogP contribution in [0.25, 0.3) is 0 Å². The summed E-state index contributed by atoms with van der Waals surface area (Å²) in [6, 6.07) is 23.4. The molecule has 0 radical (unpaired) electrons. The summed E-state index contributed by atoms with van der Waals surface area (Å²) in [5.41, 5.74) is 2.86. The zero-order valence-electron chi connectivity index (χ0n) is 17.5. The number of methoxy groups -OCH3 is 1. The Morgan fingerprint density at radius 2 is 1.63 bits per heavy atom. The Hall–Kier alpha value is -3.31. The van der Waals surface area contributed by atoms with E-state index in [2.05, 4.69) is 16.3 Å². The van der Waals surface area contributed by atoms with Gasteiger partial charge in [-0.3, -0.25) is 4.79 Å². The molecule has 1 amide bonds. The van der Waals surface area contributed by atoms with Crippen molar-refractivity contribution >= 4 is 5.91 Å². The van der Waals surface area contributed by atoms with E-state index in [1.54, 1.807) is 7.11 Å². The van der Waals surface area contributed by atoms with Crippen LogP contribution in [0, 0.1) is 0 Å². The summed E-state index contributed by atoms with van der Waals surface area (Å²) in [6.07, 6.45) is 0. The van der Waals surface area contributed by atoms with Gasteiger partial charge in [0.1, 0.15) is 17.2 Å². The van der Waals surface area contributed by atoms with Crippen molar-refractivity contribution in [3.8, 4) is 17.2 Å². The lowest BCUT2D eigenvalue weighted by Crippen LogP contribution is -2.38. The third-order valence-corrected chi connectivity index (χ3v) is 5.51. The molecule has 1 aliphatic heterocycles. The first-order valence-electron chi connectivity index (χ1n) is 10.0. The third kappa shape index (κ3) is 3.89. The number of amides is 1. The fourth-order valence-electron chi connectivity index (χ4n) is 3.94. The SMILES string of the molecule is COc1cccc([C@H](CNC(=O)C2c3ccccc3Oc3ccccc32)N(C)C)c1. The monoisotopic (exact) mass is 402 g/mol. The summed E-state index contributed by atoms with van der Waals surface area (Å²) in [4.78, 5) is 15.5. The van der Waals surface area contributed by atoms with E-state index in [0.717, 1.165) is 33.9 Å². The van der Waals surface area contributed by atoms with Crippen LogP contribution in [-0.2, 0) is 4.79 Å². The number of ether oxygens (including phenoxy) is 2. The van der Waals surface area contributed by atoms with Crippen molar-refractivity contribution in [3.05, 3.63) is 89.5 Å². The van der Waals surface area contributed by atoms with E-state index in [1.807, 2.05) is 80.8 Å². The van der Waals surface area contributed by atoms with Crippen molar-refractivity contribution in [1.29, 1.82) is 0 Å². The summed E-state index contributed by atoms with van der Waals surface area (Å²) in [6.45, 7) is 0.487. The van der Waals surface area contributed by atoms with Crippen LogP contribution in [0.5, 0.6) is 17.2 Å². The van der Waals surface area contributed by atoms with Gasteiger partial charge in [-0.2, -0.15) is 0 Å². The molecule has 154 valence electrons.